The molecule has 0 aliphatic rings. The van der Waals surface area contributed by atoms with Crippen LogP contribution in [0.5, 0.6) is 5.75 Å². The monoisotopic (exact) mass is 265 g/mol. The predicted octanol–water partition coefficient (Wildman–Crippen LogP) is 2.44. The normalized spacial score (nSPS) is 12.2. The van der Waals surface area contributed by atoms with E-state index in [1.807, 2.05) is 39.8 Å². The van der Waals surface area contributed by atoms with Crippen molar-refractivity contribution in [2.45, 2.75) is 40.2 Å². The lowest BCUT2D eigenvalue weighted by Gasteiger charge is -2.18. The second-order valence-corrected chi connectivity index (χ2v) is 4.88. The smallest absolute Gasteiger partial charge is 0.324 e. The summed E-state index contributed by atoms with van der Waals surface area (Å²) in [4.78, 5) is 11.1. The van der Waals surface area contributed by atoms with Crippen molar-refractivity contribution >= 4 is 5.97 Å². The highest BCUT2D eigenvalue weighted by Crippen LogP contribution is 2.24. The van der Waals surface area contributed by atoms with Gasteiger partial charge in [-0.3, -0.25) is 4.79 Å². The Kier molecular flexibility index (Phi) is 5.83. The van der Waals surface area contributed by atoms with Crippen molar-refractivity contribution in [3.05, 3.63) is 28.8 Å². The van der Waals surface area contributed by atoms with Crippen molar-refractivity contribution < 1.29 is 14.6 Å². The number of ether oxygens (including phenoxy) is 1. The van der Waals surface area contributed by atoms with Crippen molar-refractivity contribution in [1.29, 1.82) is 0 Å². The zero-order valence-electron chi connectivity index (χ0n) is 12.1. The molecule has 1 rings (SSSR count). The van der Waals surface area contributed by atoms with E-state index in [1.54, 1.807) is 0 Å². The van der Waals surface area contributed by atoms with Gasteiger partial charge in [-0.15, -0.1) is 0 Å². The van der Waals surface area contributed by atoms with Crippen molar-refractivity contribution in [2.75, 3.05) is 13.2 Å². The van der Waals surface area contributed by atoms with E-state index in [9.17, 15) is 4.79 Å². The summed E-state index contributed by atoms with van der Waals surface area (Å²) in [5.41, 5.74) is 3.26. The average molecular weight is 265 g/mol. The molecule has 1 unspecified atom stereocenters. The summed E-state index contributed by atoms with van der Waals surface area (Å²) < 4.78 is 5.70. The number of hydrogen-bond acceptors (Lipinski definition) is 3. The third kappa shape index (κ3) is 4.56. The van der Waals surface area contributed by atoms with Gasteiger partial charge in [0.05, 0.1) is 0 Å². The number of benzene rings is 1. The van der Waals surface area contributed by atoms with Gasteiger partial charge in [0.1, 0.15) is 18.4 Å². The Morgan fingerprint density at radius 2 is 1.89 bits per heavy atom. The molecule has 106 valence electrons. The summed E-state index contributed by atoms with van der Waals surface area (Å²) in [7, 11) is 0. The molecule has 0 spiro atoms. The SMILES string of the molecule is CCCNC(COc1c(C)cc(C)cc1C)C(=O)O. The fourth-order valence-corrected chi connectivity index (χ4v) is 2.10. The van der Waals surface area contributed by atoms with Gasteiger partial charge in [0.2, 0.25) is 0 Å². The molecule has 0 aliphatic heterocycles. The predicted molar refractivity (Wildman–Crippen MR) is 75.9 cm³/mol. The minimum Gasteiger partial charge on any atom is -0.491 e. The standard InChI is InChI=1S/C15H23NO3/c1-5-6-16-13(15(17)18)9-19-14-11(3)7-10(2)8-12(14)4/h7-8,13,16H,5-6,9H2,1-4H3,(H,17,18). The number of rotatable bonds is 7. The van der Waals surface area contributed by atoms with Gasteiger partial charge in [-0.1, -0.05) is 24.6 Å². The Bertz CT molecular complexity index is 420. The Morgan fingerprint density at radius 1 is 1.32 bits per heavy atom. The van der Waals surface area contributed by atoms with E-state index in [4.69, 9.17) is 9.84 Å². The summed E-state index contributed by atoms with van der Waals surface area (Å²) >= 11 is 0. The number of aliphatic carboxylic acids is 1. The molecule has 0 bridgehead atoms. The molecule has 19 heavy (non-hydrogen) atoms. The maximum atomic E-state index is 11.1. The fraction of sp³-hybridized carbons (Fsp3) is 0.533. The van der Waals surface area contributed by atoms with Gasteiger partial charge in [0, 0.05) is 0 Å². The minimum atomic E-state index is -0.879. The van der Waals surface area contributed by atoms with Crippen LogP contribution in [0.25, 0.3) is 0 Å². The van der Waals surface area contributed by atoms with Crippen LogP contribution in [-0.4, -0.2) is 30.3 Å². The fourth-order valence-electron chi connectivity index (χ4n) is 2.10. The minimum absolute atomic E-state index is 0.139. The van der Waals surface area contributed by atoms with Crippen molar-refractivity contribution in [2.24, 2.45) is 0 Å². The van der Waals surface area contributed by atoms with Gasteiger partial charge in [-0.2, -0.15) is 0 Å². The highest BCUT2D eigenvalue weighted by atomic mass is 16.5. The second kappa shape index (κ2) is 7.14. The maximum Gasteiger partial charge on any atom is 0.324 e. The van der Waals surface area contributed by atoms with Crippen LogP contribution in [0, 0.1) is 20.8 Å². The molecule has 0 saturated heterocycles. The Balaban J connectivity index is 2.71. The van der Waals surface area contributed by atoms with Crippen LogP contribution in [0.4, 0.5) is 0 Å². The van der Waals surface area contributed by atoms with Crippen LogP contribution in [-0.2, 0) is 4.79 Å². The summed E-state index contributed by atoms with van der Waals surface area (Å²) in [6.45, 7) is 8.80. The first-order chi connectivity index (χ1) is 8.95. The summed E-state index contributed by atoms with van der Waals surface area (Å²) in [6, 6.07) is 3.41. The van der Waals surface area contributed by atoms with E-state index >= 15 is 0 Å². The van der Waals surface area contributed by atoms with Gasteiger partial charge in [0.15, 0.2) is 0 Å². The quantitative estimate of drug-likeness (QED) is 0.795. The van der Waals surface area contributed by atoms with Crippen molar-refractivity contribution in [1.82, 2.24) is 5.32 Å². The topological polar surface area (TPSA) is 58.6 Å². The first-order valence-electron chi connectivity index (χ1n) is 6.62. The first-order valence-corrected chi connectivity index (χ1v) is 6.62. The van der Waals surface area contributed by atoms with E-state index in [-0.39, 0.29) is 6.61 Å². The average Bonchev–Trinajstić information content (AvgIpc) is 2.31. The zero-order valence-corrected chi connectivity index (χ0v) is 12.1. The lowest BCUT2D eigenvalue weighted by Crippen LogP contribution is -2.41. The van der Waals surface area contributed by atoms with Gasteiger partial charge in [-0.25, -0.2) is 0 Å². The zero-order chi connectivity index (χ0) is 14.4. The molecule has 4 heteroatoms. The molecule has 0 saturated carbocycles. The number of carboxylic acid groups (broad SMARTS) is 1. The van der Waals surface area contributed by atoms with Crippen LogP contribution in [0.3, 0.4) is 0 Å². The molecule has 0 heterocycles. The van der Waals surface area contributed by atoms with Crippen molar-refractivity contribution in [3.63, 3.8) is 0 Å². The number of nitrogens with one attached hydrogen (secondary N) is 1. The van der Waals surface area contributed by atoms with E-state index in [0.717, 1.165) is 23.3 Å². The third-order valence-corrected chi connectivity index (χ3v) is 2.94. The first kappa shape index (κ1) is 15.5. The molecule has 0 aliphatic carbocycles. The highest BCUT2D eigenvalue weighted by molar-refractivity contribution is 5.73. The van der Waals surface area contributed by atoms with Crippen LogP contribution in [0.15, 0.2) is 12.1 Å². The van der Waals surface area contributed by atoms with Gasteiger partial charge in [0.25, 0.3) is 0 Å². The molecule has 1 aromatic carbocycles. The lowest BCUT2D eigenvalue weighted by molar-refractivity contribution is -0.140. The molecule has 0 amide bonds. The number of carbonyl (C=O) groups is 1. The molecule has 1 atom stereocenters. The van der Waals surface area contributed by atoms with Crippen LogP contribution < -0.4 is 10.1 Å². The van der Waals surface area contributed by atoms with Crippen LogP contribution >= 0.6 is 0 Å². The van der Waals surface area contributed by atoms with E-state index in [1.165, 1.54) is 5.56 Å². The highest BCUT2D eigenvalue weighted by Gasteiger charge is 2.18. The van der Waals surface area contributed by atoms with Gasteiger partial charge < -0.3 is 15.2 Å². The number of carboxylic acids is 1. The summed E-state index contributed by atoms with van der Waals surface area (Å²) in [5, 5.41) is 12.1. The van der Waals surface area contributed by atoms with Gasteiger partial charge in [-0.05, 0) is 44.9 Å². The Labute approximate surface area is 114 Å². The largest absolute Gasteiger partial charge is 0.491 e. The molecule has 0 aromatic heterocycles. The third-order valence-electron chi connectivity index (χ3n) is 2.94. The molecular formula is C15H23NO3. The molecule has 2 N–H and O–H groups in total. The second-order valence-electron chi connectivity index (χ2n) is 4.88. The Hall–Kier alpha value is -1.55. The van der Waals surface area contributed by atoms with E-state index in [2.05, 4.69) is 5.32 Å². The molecular weight excluding hydrogens is 242 g/mol. The van der Waals surface area contributed by atoms with Crippen LogP contribution in [0.2, 0.25) is 0 Å². The number of hydrogen-bond donors (Lipinski definition) is 2. The van der Waals surface area contributed by atoms with Crippen LogP contribution in [0.1, 0.15) is 30.0 Å². The number of aryl methyl sites for hydroxylation is 3. The summed E-state index contributed by atoms with van der Waals surface area (Å²) in [6.07, 6.45) is 0.895. The molecule has 0 fully saturated rings. The van der Waals surface area contributed by atoms with Crippen molar-refractivity contribution in [3.8, 4) is 5.75 Å². The lowest BCUT2D eigenvalue weighted by atomic mass is 10.1. The molecule has 1 aromatic rings. The molecule has 4 nitrogen and oxygen atoms in total. The molecule has 0 radical (unpaired) electrons. The van der Waals surface area contributed by atoms with Gasteiger partial charge >= 0.3 is 5.97 Å². The van der Waals surface area contributed by atoms with E-state index in [0.29, 0.717) is 6.54 Å². The Morgan fingerprint density at radius 3 is 2.37 bits per heavy atom. The maximum absolute atomic E-state index is 11.1. The van der Waals surface area contributed by atoms with E-state index < -0.39 is 12.0 Å². The summed E-state index contributed by atoms with van der Waals surface area (Å²) in [5.74, 6) is -0.0917.